The Morgan fingerprint density at radius 2 is 1.75 bits per heavy atom. The standard InChI is InChI=1S/C19H16N4O/c24-19-22-15-9-4-5-11-17(15)23(19)18-16(10-6-12-20-18)21-13-14-7-2-1-3-8-14/h1-12,21H,13H2,(H,22,24). The Kier molecular flexibility index (Phi) is 3.59. The molecule has 0 saturated carbocycles. The molecule has 2 aromatic carbocycles. The number of para-hydroxylation sites is 2. The van der Waals surface area contributed by atoms with Gasteiger partial charge in [0.05, 0.1) is 16.7 Å². The van der Waals surface area contributed by atoms with Crippen LogP contribution in [0.5, 0.6) is 0 Å². The summed E-state index contributed by atoms with van der Waals surface area (Å²) in [5, 5.41) is 3.37. The van der Waals surface area contributed by atoms with E-state index in [1.807, 2.05) is 54.6 Å². The first-order valence-corrected chi connectivity index (χ1v) is 7.76. The van der Waals surface area contributed by atoms with Crippen molar-refractivity contribution in [2.24, 2.45) is 0 Å². The van der Waals surface area contributed by atoms with Gasteiger partial charge in [0.15, 0.2) is 5.82 Å². The normalized spacial score (nSPS) is 10.8. The smallest absolute Gasteiger partial charge is 0.332 e. The number of fused-ring (bicyclic) bond motifs is 1. The second-order valence-electron chi connectivity index (χ2n) is 5.50. The molecule has 4 rings (SSSR count). The van der Waals surface area contributed by atoms with Gasteiger partial charge in [0.2, 0.25) is 0 Å². The van der Waals surface area contributed by atoms with Crippen molar-refractivity contribution in [2.45, 2.75) is 6.54 Å². The van der Waals surface area contributed by atoms with E-state index < -0.39 is 0 Å². The minimum atomic E-state index is -0.197. The number of anilines is 1. The van der Waals surface area contributed by atoms with Gasteiger partial charge in [-0.1, -0.05) is 42.5 Å². The van der Waals surface area contributed by atoms with Crippen molar-refractivity contribution < 1.29 is 0 Å². The third-order valence-corrected chi connectivity index (χ3v) is 3.91. The molecule has 0 aliphatic rings. The lowest BCUT2D eigenvalue weighted by Crippen LogP contribution is -2.17. The fraction of sp³-hybridized carbons (Fsp3) is 0.0526. The monoisotopic (exact) mass is 316 g/mol. The molecule has 24 heavy (non-hydrogen) atoms. The summed E-state index contributed by atoms with van der Waals surface area (Å²) in [6.07, 6.45) is 1.69. The quantitative estimate of drug-likeness (QED) is 0.607. The van der Waals surface area contributed by atoms with Gasteiger partial charge in [-0.3, -0.25) is 0 Å². The molecule has 0 radical (unpaired) electrons. The molecule has 0 bridgehead atoms. The maximum atomic E-state index is 12.4. The van der Waals surface area contributed by atoms with Gasteiger partial charge in [0.25, 0.3) is 0 Å². The Morgan fingerprint density at radius 1 is 0.958 bits per heavy atom. The molecule has 0 amide bonds. The lowest BCUT2D eigenvalue weighted by molar-refractivity contribution is 0.960. The highest BCUT2D eigenvalue weighted by Gasteiger charge is 2.12. The van der Waals surface area contributed by atoms with Gasteiger partial charge in [-0.25, -0.2) is 14.3 Å². The summed E-state index contributed by atoms with van der Waals surface area (Å²) in [7, 11) is 0. The number of hydrogen-bond acceptors (Lipinski definition) is 3. The highest BCUT2D eigenvalue weighted by atomic mass is 16.1. The molecule has 5 nitrogen and oxygen atoms in total. The molecule has 0 saturated heterocycles. The molecule has 0 fully saturated rings. The third kappa shape index (κ3) is 2.56. The average molecular weight is 316 g/mol. The zero-order valence-electron chi connectivity index (χ0n) is 12.9. The van der Waals surface area contributed by atoms with E-state index in [1.165, 1.54) is 5.56 Å². The van der Waals surface area contributed by atoms with E-state index >= 15 is 0 Å². The van der Waals surface area contributed by atoms with Crippen LogP contribution in [0.15, 0.2) is 77.7 Å². The predicted molar refractivity (Wildman–Crippen MR) is 95.5 cm³/mol. The Hall–Kier alpha value is -3.34. The lowest BCUT2D eigenvalue weighted by atomic mass is 10.2. The van der Waals surface area contributed by atoms with E-state index in [1.54, 1.807) is 10.8 Å². The number of aromatic amines is 1. The maximum absolute atomic E-state index is 12.4. The minimum absolute atomic E-state index is 0.197. The molecule has 0 spiro atoms. The van der Waals surface area contributed by atoms with Crippen LogP contribution in [0, 0.1) is 0 Å². The fourth-order valence-electron chi connectivity index (χ4n) is 2.77. The third-order valence-electron chi connectivity index (χ3n) is 3.91. The Balaban J connectivity index is 1.76. The van der Waals surface area contributed by atoms with Crippen LogP contribution in [0.25, 0.3) is 16.9 Å². The van der Waals surface area contributed by atoms with Crippen LogP contribution in [-0.4, -0.2) is 14.5 Å². The van der Waals surface area contributed by atoms with Crippen molar-refractivity contribution in [3.8, 4) is 5.82 Å². The van der Waals surface area contributed by atoms with Crippen LogP contribution < -0.4 is 11.0 Å². The summed E-state index contributed by atoms with van der Waals surface area (Å²) in [6.45, 7) is 0.663. The second-order valence-corrected chi connectivity index (χ2v) is 5.50. The first-order valence-electron chi connectivity index (χ1n) is 7.76. The largest absolute Gasteiger partial charge is 0.378 e. The molecule has 0 aliphatic carbocycles. The second kappa shape index (κ2) is 6.04. The number of imidazole rings is 1. The highest BCUT2D eigenvalue weighted by Crippen LogP contribution is 2.21. The zero-order chi connectivity index (χ0) is 16.4. The van der Waals surface area contributed by atoms with E-state index in [9.17, 15) is 4.79 Å². The molecule has 0 aliphatic heterocycles. The van der Waals surface area contributed by atoms with E-state index in [0.29, 0.717) is 12.4 Å². The number of nitrogens with one attached hydrogen (secondary N) is 2. The molecule has 0 unspecified atom stereocenters. The summed E-state index contributed by atoms with van der Waals surface area (Å²) in [4.78, 5) is 19.7. The van der Waals surface area contributed by atoms with Crippen molar-refractivity contribution >= 4 is 16.7 Å². The number of hydrogen-bond donors (Lipinski definition) is 2. The van der Waals surface area contributed by atoms with Gasteiger partial charge in [0.1, 0.15) is 0 Å². The van der Waals surface area contributed by atoms with Gasteiger partial charge in [-0.05, 0) is 29.8 Å². The summed E-state index contributed by atoms with van der Waals surface area (Å²) in [6, 6.07) is 21.5. The first-order chi connectivity index (χ1) is 11.8. The zero-order valence-corrected chi connectivity index (χ0v) is 12.9. The summed E-state index contributed by atoms with van der Waals surface area (Å²) in [5.41, 5.74) is 3.38. The number of rotatable bonds is 4. The molecule has 2 aromatic heterocycles. The van der Waals surface area contributed by atoms with Crippen LogP contribution in [-0.2, 0) is 6.54 Å². The van der Waals surface area contributed by atoms with Gasteiger partial charge >= 0.3 is 5.69 Å². The first kappa shape index (κ1) is 14.3. The SMILES string of the molecule is O=c1[nH]c2ccccc2n1-c1ncccc1NCc1ccccc1. The van der Waals surface area contributed by atoms with E-state index in [2.05, 4.69) is 27.4 Å². The van der Waals surface area contributed by atoms with Crippen molar-refractivity contribution in [1.82, 2.24) is 14.5 Å². The van der Waals surface area contributed by atoms with Gasteiger partial charge in [-0.2, -0.15) is 0 Å². The van der Waals surface area contributed by atoms with Crippen molar-refractivity contribution in [3.63, 3.8) is 0 Å². The number of pyridine rings is 1. The molecule has 2 N–H and O–H groups in total. The lowest BCUT2D eigenvalue weighted by Gasteiger charge is -2.11. The summed E-state index contributed by atoms with van der Waals surface area (Å²) in [5.74, 6) is 0.593. The van der Waals surface area contributed by atoms with Crippen molar-refractivity contribution in [3.05, 3.63) is 89.0 Å². The number of aromatic nitrogens is 3. The number of benzene rings is 2. The van der Waals surface area contributed by atoms with Crippen LogP contribution >= 0.6 is 0 Å². The van der Waals surface area contributed by atoms with Crippen LogP contribution in [0.3, 0.4) is 0 Å². The fourth-order valence-corrected chi connectivity index (χ4v) is 2.77. The van der Waals surface area contributed by atoms with E-state index in [0.717, 1.165) is 16.7 Å². The summed E-state index contributed by atoms with van der Waals surface area (Å²) < 4.78 is 1.60. The highest BCUT2D eigenvalue weighted by molar-refractivity contribution is 5.78. The molecular weight excluding hydrogens is 300 g/mol. The molecule has 2 heterocycles. The average Bonchev–Trinajstić information content (AvgIpc) is 2.97. The maximum Gasteiger partial charge on any atom is 0.332 e. The van der Waals surface area contributed by atoms with Gasteiger partial charge in [0, 0.05) is 12.7 Å². The van der Waals surface area contributed by atoms with Gasteiger partial charge < -0.3 is 10.3 Å². The minimum Gasteiger partial charge on any atom is -0.378 e. The van der Waals surface area contributed by atoms with Crippen LogP contribution in [0.2, 0.25) is 0 Å². The van der Waals surface area contributed by atoms with Crippen LogP contribution in [0.1, 0.15) is 5.56 Å². The Morgan fingerprint density at radius 3 is 2.62 bits per heavy atom. The number of nitrogens with zero attached hydrogens (tertiary/aromatic N) is 2. The molecule has 4 aromatic rings. The van der Waals surface area contributed by atoms with E-state index in [4.69, 9.17) is 0 Å². The topological polar surface area (TPSA) is 62.7 Å². The molecular formula is C19H16N4O. The van der Waals surface area contributed by atoms with Gasteiger partial charge in [-0.15, -0.1) is 0 Å². The molecule has 118 valence electrons. The molecule has 0 atom stereocenters. The Bertz CT molecular complexity index is 1030. The summed E-state index contributed by atoms with van der Waals surface area (Å²) >= 11 is 0. The Labute approximate surface area is 138 Å². The van der Waals surface area contributed by atoms with E-state index in [-0.39, 0.29) is 5.69 Å². The van der Waals surface area contributed by atoms with Crippen molar-refractivity contribution in [1.29, 1.82) is 0 Å². The van der Waals surface area contributed by atoms with Crippen molar-refractivity contribution in [2.75, 3.05) is 5.32 Å². The number of H-pyrrole nitrogens is 1. The van der Waals surface area contributed by atoms with Crippen LogP contribution in [0.4, 0.5) is 5.69 Å². The predicted octanol–water partition coefficient (Wildman–Crippen LogP) is 3.33. The molecule has 5 heteroatoms.